The Balaban J connectivity index is 2.02. The summed E-state index contributed by atoms with van der Waals surface area (Å²) in [6.07, 6.45) is 3.73. The van der Waals surface area contributed by atoms with Gasteiger partial charge in [-0.1, -0.05) is 32.1 Å². The molecule has 0 aliphatic heterocycles. The van der Waals surface area contributed by atoms with Gasteiger partial charge in [-0.15, -0.1) is 10.2 Å². The fourth-order valence-corrected chi connectivity index (χ4v) is 2.73. The highest BCUT2D eigenvalue weighted by Crippen LogP contribution is 2.27. The van der Waals surface area contributed by atoms with Gasteiger partial charge in [0.15, 0.2) is 10.8 Å². The smallest absolute Gasteiger partial charge is 0.235 e. The van der Waals surface area contributed by atoms with Crippen molar-refractivity contribution in [2.75, 3.05) is 6.54 Å². The maximum Gasteiger partial charge on any atom is 0.235 e. The highest BCUT2D eigenvalue weighted by Gasteiger charge is 2.23. The summed E-state index contributed by atoms with van der Waals surface area (Å²) < 4.78 is 3.77. The first-order valence-electron chi connectivity index (χ1n) is 6.44. The maximum atomic E-state index is 5.54. The van der Waals surface area contributed by atoms with E-state index in [4.69, 9.17) is 5.73 Å². The summed E-state index contributed by atoms with van der Waals surface area (Å²) in [6.45, 7) is 7.63. The van der Waals surface area contributed by atoms with E-state index in [1.54, 1.807) is 6.33 Å². The number of nitrogens with two attached hydrogens (primary N) is 1. The van der Waals surface area contributed by atoms with E-state index in [9.17, 15) is 0 Å². The number of rotatable bonds is 3. The summed E-state index contributed by atoms with van der Waals surface area (Å²) in [5.41, 5.74) is 6.28. The van der Waals surface area contributed by atoms with E-state index in [0.29, 0.717) is 6.54 Å². The lowest BCUT2D eigenvalue weighted by Crippen LogP contribution is -2.16. The van der Waals surface area contributed by atoms with Gasteiger partial charge in [0.2, 0.25) is 4.96 Å². The quantitative estimate of drug-likeness (QED) is 0.786. The summed E-state index contributed by atoms with van der Waals surface area (Å²) in [5, 5.41) is 13.8. The number of nitrogens with zero attached hydrogens (tertiary/aromatic N) is 6. The molecule has 0 unspecified atom stereocenters. The van der Waals surface area contributed by atoms with Crippen molar-refractivity contribution in [1.82, 2.24) is 29.4 Å². The van der Waals surface area contributed by atoms with Gasteiger partial charge in [0.1, 0.15) is 5.69 Å². The molecule has 0 fully saturated rings. The third-order valence-electron chi connectivity index (χ3n) is 2.90. The van der Waals surface area contributed by atoms with Crippen LogP contribution in [-0.4, -0.2) is 35.9 Å². The third-order valence-corrected chi connectivity index (χ3v) is 3.82. The molecule has 0 bridgehead atoms. The lowest BCUT2D eigenvalue weighted by atomic mass is 9.96. The van der Waals surface area contributed by atoms with Gasteiger partial charge < -0.3 is 10.3 Å². The largest absolute Gasteiger partial charge is 0.335 e. The SMILES string of the molecule is CC(C)(C)c1nnc2sc(-c3cn(CCN)cn3)nn12. The second kappa shape index (κ2) is 4.64. The molecular weight excluding hydrogens is 274 g/mol. The number of aromatic nitrogens is 6. The molecule has 3 aromatic heterocycles. The number of imidazole rings is 1. The highest BCUT2D eigenvalue weighted by molar-refractivity contribution is 7.19. The lowest BCUT2D eigenvalue weighted by Gasteiger charge is -2.13. The molecule has 0 spiro atoms. The number of hydrogen-bond acceptors (Lipinski definition) is 6. The third kappa shape index (κ3) is 2.20. The second-order valence-electron chi connectivity index (χ2n) is 5.66. The van der Waals surface area contributed by atoms with Crippen LogP contribution >= 0.6 is 11.3 Å². The van der Waals surface area contributed by atoms with Crippen LogP contribution in [0.5, 0.6) is 0 Å². The molecule has 8 heteroatoms. The van der Waals surface area contributed by atoms with Crippen LogP contribution in [0.25, 0.3) is 15.7 Å². The first-order valence-corrected chi connectivity index (χ1v) is 7.25. The van der Waals surface area contributed by atoms with E-state index in [0.717, 1.165) is 28.0 Å². The highest BCUT2D eigenvalue weighted by atomic mass is 32.1. The summed E-state index contributed by atoms with van der Waals surface area (Å²) in [7, 11) is 0. The van der Waals surface area contributed by atoms with E-state index in [1.807, 2.05) is 15.3 Å². The Morgan fingerprint density at radius 2 is 2.10 bits per heavy atom. The molecule has 3 aromatic rings. The van der Waals surface area contributed by atoms with Gasteiger partial charge in [0.25, 0.3) is 0 Å². The Morgan fingerprint density at radius 3 is 2.80 bits per heavy atom. The molecule has 0 amide bonds. The molecule has 0 aliphatic carbocycles. The zero-order valence-electron chi connectivity index (χ0n) is 11.7. The van der Waals surface area contributed by atoms with Gasteiger partial charge in [0, 0.05) is 24.7 Å². The minimum absolute atomic E-state index is 0.0936. The van der Waals surface area contributed by atoms with Crippen molar-refractivity contribution < 1.29 is 0 Å². The fourth-order valence-electron chi connectivity index (χ4n) is 1.93. The molecule has 7 nitrogen and oxygen atoms in total. The van der Waals surface area contributed by atoms with E-state index < -0.39 is 0 Å². The molecule has 0 saturated carbocycles. The van der Waals surface area contributed by atoms with Gasteiger partial charge in [-0.25, -0.2) is 4.98 Å². The molecule has 0 aliphatic rings. The van der Waals surface area contributed by atoms with E-state index in [-0.39, 0.29) is 5.41 Å². The summed E-state index contributed by atoms with van der Waals surface area (Å²) in [6, 6.07) is 0. The molecule has 0 atom stereocenters. The van der Waals surface area contributed by atoms with E-state index in [2.05, 4.69) is 41.1 Å². The zero-order valence-corrected chi connectivity index (χ0v) is 12.6. The topological polar surface area (TPSA) is 86.9 Å². The van der Waals surface area contributed by atoms with Crippen LogP contribution in [0.15, 0.2) is 12.5 Å². The Morgan fingerprint density at radius 1 is 1.30 bits per heavy atom. The average molecular weight is 291 g/mol. The van der Waals surface area contributed by atoms with Gasteiger partial charge in [0.05, 0.1) is 6.33 Å². The van der Waals surface area contributed by atoms with Crippen molar-refractivity contribution in [1.29, 1.82) is 0 Å². The molecule has 20 heavy (non-hydrogen) atoms. The van der Waals surface area contributed by atoms with Crippen LogP contribution < -0.4 is 5.73 Å². The summed E-state index contributed by atoms with van der Waals surface area (Å²) >= 11 is 1.49. The second-order valence-corrected chi connectivity index (χ2v) is 6.62. The van der Waals surface area contributed by atoms with Crippen LogP contribution in [0, 0.1) is 0 Å². The predicted molar refractivity (Wildman–Crippen MR) is 77.6 cm³/mol. The van der Waals surface area contributed by atoms with Crippen LogP contribution in [0.3, 0.4) is 0 Å². The van der Waals surface area contributed by atoms with Gasteiger partial charge >= 0.3 is 0 Å². The summed E-state index contributed by atoms with van der Waals surface area (Å²) in [5.74, 6) is 0.858. The molecule has 106 valence electrons. The number of hydrogen-bond donors (Lipinski definition) is 1. The summed E-state index contributed by atoms with van der Waals surface area (Å²) in [4.78, 5) is 5.16. The number of fused-ring (bicyclic) bond motifs is 1. The molecule has 3 heterocycles. The van der Waals surface area contributed by atoms with Crippen LogP contribution in [-0.2, 0) is 12.0 Å². The molecular formula is C12H17N7S. The molecule has 3 rings (SSSR count). The van der Waals surface area contributed by atoms with E-state index >= 15 is 0 Å². The Labute approximate surface area is 120 Å². The van der Waals surface area contributed by atoms with Crippen LogP contribution in [0.2, 0.25) is 0 Å². The van der Waals surface area contributed by atoms with Crippen molar-refractivity contribution >= 4 is 16.3 Å². The zero-order chi connectivity index (χ0) is 14.3. The first kappa shape index (κ1) is 13.2. The first-order chi connectivity index (χ1) is 9.49. The molecule has 0 aromatic carbocycles. The van der Waals surface area contributed by atoms with Crippen molar-refractivity contribution in [3.63, 3.8) is 0 Å². The molecule has 0 radical (unpaired) electrons. The van der Waals surface area contributed by atoms with Gasteiger partial charge in [-0.05, 0) is 0 Å². The fraction of sp³-hybridized carbons (Fsp3) is 0.500. The maximum absolute atomic E-state index is 5.54. The van der Waals surface area contributed by atoms with Crippen molar-refractivity contribution in [2.24, 2.45) is 5.73 Å². The predicted octanol–water partition coefficient (Wildman–Crippen LogP) is 1.31. The molecule has 2 N–H and O–H groups in total. The minimum Gasteiger partial charge on any atom is -0.335 e. The van der Waals surface area contributed by atoms with Crippen LogP contribution in [0.4, 0.5) is 0 Å². The molecule has 0 saturated heterocycles. The standard InChI is InChI=1S/C12H17N7S/c1-12(2,3)10-15-16-11-19(10)17-9(20-11)8-6-18(5-4-13)7-14-8/h6-7H,4-5,13H2,1-3H3. The van der Waals surface area contributed by atoms with Crippen molar-refractivity contribution in [2.45, 2.75) is 32.7 Å². The van der Waals surface area contributed by atoms with Crippen molar-refractivity contribution in [3.05, 3.63) is 18.3 Å². The normalized spacial score (nSPS) is 12.4. The average Bonchev–Trinajstić information content (AvgIpc) is 2.98. The van der Waals surface area contributed by atoms with Crippen LogP contribution in [0.1, 0.15) is 26.6 Å². The monoisotopic (exact) mass is 291 g/mol. The minimum atomic E-state index is -0.0936. The van der Waals surface area contributed by atoms with E-state index in [1.165, 1.54) is 11.3 Å². The lowest BCUT2D eigenvalue weighted by molar-refractivity contribution is 0.528. The van der Waals surface area contributed by atoms with Gasteiger partial charge in [-0.2, -0.15) is 9.61 Å². The Hall–Kier alpha value is -1.80. The van der Waals surface area contributed by atoms with Crippen molar-refractivity contribution in [3.8, 4) is 10.7 Å². The Bertz CT molecular complexity index is 730. The van der Waals surface area contributed by atoms with Gasteiger partial charge in [-0.3, -0.25) is 0 Å². The Kier molecular flexibility index (Phi) is 3.06.